The van der Waals surface area contributed by atoms with E-state index in [9.17, 15) is 39.1 Å². The Bertz CT molecular complexity index is 2660. The number of halogens is 1. The van der Waals surface area contributed by atoms with Crippen LogP contribution in [0, 0.1) is 17.1 Å². The Labute approximate surface area is 365 Å². The molecule has 2 fully saturated rings. The lowest BCUT2D eigenvalue weighted by molar-refractivity contribution is -0.0628. The second-order valence-electron chi connectivity index (χ2n) is 16.2. The molecule has 342 valence electrons. The molecule has 1 aromatic carbocycles. The number of carbonyl (C=O) groups is 1. The molecule has 4 aromatic heterocycles. The van der Waals surface area contributed by atoms with Gasteiger partial charge < -0.3 is 39.0 Å². The highest BCUT2D eigenvalue weighted by Gasteiger charge is 2.56. The lowest BCUT2D eigenvalue weighted by atomic mass is 10.1. The van der Waals surface area contributed by atoms with E-state index in [1.165, 1.54) is 17.2 Å². The van der Waals surface area contributed by atoms with Crippen LogP contribution >= 0.6 is 16.1 Å². The van der Waals surface area contributed by atoms with Crippen molar-refractivity contribution in [1.29, 1.82) is 5.26 Å². The van der Waals surface area contributed by atoms with Gasteiger partial charge in [-0.15, -0.1) is 9.42 Å². The fourth-order valence-electron chi connectivity index (χ4n) is 6.90. The van der Waals surface area contributed by atoms with Gasteiger partial charge in [-0.1, -0.05) is 39.0 Å². The number of amides is 1. The fraction of sp³-hybridized carbons (Fsp3) is 0.486. The molecule has 27 heteroatoms. The monoisotopic (exact) mass is 948 g/mol. The van der Waals surface area contributed by atoms with Gasteiger partial charge in [-0.25, -0.2) is 28.9 Å². The van der Waals surface area contributed by atoms with Crippen molar-refractivity contribution in [3.05, 3.63) is 77.2 Å². The maximum Gasteiger partial charge on any atom is 0.695 e. The quantitative estimate of drug-likeness (QED) is 0.0500. The van der Waals surface area contributed by atoms with Crippen LogP contribution in [0.25, 0.3) is 22.2 Å². The second kappa shape index (κ2) is 19.0. The maximum atomic E-state index is 15.1. The molecule has 0 spiro atoms. The number of aliphatic hydroxyl groups is 2. The minimum Gasteiger partial charge on any atom is -0.406 e. The first-order valence-corrected chi connectivity index (χ1v) is 25.2. The smallest absolute Gasteiger partial charge is 0.406 e. The number of aromatic nitrogens is 7. The van der Waals surface area contributed by atoms with Crippen molar-refractivity contribution in [2.24, 2.45) is 0 Å². The summed E-state index contributed by atoms with van der Waals surface area (Å²) in [5, 5.41) is 32.5. The van der Waals surface area contributed by atoms with E-state index in [4.69, 9.17) is 32.0 Å². The summed E-state index contributed by atoms with van der Waals surface area (Å²) in [6.45, 7) is 7.67. The average Bonchev–Trinajstić information content (AvgIpc) is 4.00. The Morgan fingerprint density at radius 2 is 1.78 bits per heavy atom. The highest BCUT2D eigenvalue weighted by Crippen LogP contribution is 2.55. The zero-order chi connectivity index (χ0) is 46.1. The summed E-state index contributed by atoms with van der Waals surface area (Å²) in [5.41, 5.74) is -0.415. The van der Waals surface area contributed by atoms with Gasteiger partial charge in [-0.2, -0.15) is 5.26 Å². The molecule has 5 N–H and O–H groups in total. The van der Waals surface area contributed by atoms with Crippen LogP contribution < -0.4 is 10.9 Å². The first kappa shape index (κ1) is 47.2. The molecule has 23 nitrogen and oxygen atoms in total. The number of nitrogens with zero attached hydrogens (tertiary/aromatic N) is 7. The zero-order valence-electron chi connectivity index (χ0n) is 34.9. The Morgan fingerprint density at radius 3 is 2.47 bits per heavy atom. The molecule has 0 radical (unpaired) electrons. The number of carbonyl (C=O) groups excluding carboxylic acids is 1. The maximum absolute atomic E-state index is 15.1. The van der Waals surface area contributed by atoms with E-state index < -0.39 is 121 Å². The number of phosphoric ester groups is 1. The molecule has 2 aliphatic rings. The van der Waals surface area contributed by atoms with Crippen molar-refractivity contribution >= 4 is 58.3 Å². The van der Waals surface area contributed by atoms with Crippen molar-refractivity contribution < 1.29 is 65.4 Å². The number of aromatic amines is 1. The first-order chi connectivity index (χ1) is 30.4. The molecule has 5 aromatic rings. The Hall–Kier alpha value is -4.77. The standard InChI is InChI=1S/C37H44FN9O14P2Si/c1-37(2,3)64(4,5)61-29-27(59-62(52)53)23(58-36(29)47-19-44-25-30(40-17-42-32(25)47)45-33(50)20-10-7-6-8-11-20)16-56-63(54,55-13-9-12-39)60-28-26(49)22(15-48)57-35(28)46-14-21(38)24-31(46)41-18-43-34(24)51/h6-8,10-11,14,17-19,22-23,26-29,35-36,48-49H,9,13,15-16H2,1-5H3,(H2-,40,41,42,43,45,50,51,52,53)/p+1/t22?,23?,26-,27-,28-,29?,35-,36-,63?/m1/s1. The topological polar surface area (TPSA) is 307 Å². The van der Waals surface area contributed by atoms with E-state index in [1.807, 2.05) is 39.9 Å². The summed E-state index contributed by atoms with van der Waals surface area (Å²) in [6, 6.07) is 10.2. The van der Waals surface area contributed by atoms with Crippen LogP contribution in [-0.2, 0) is 41.1 Å². The normalized spacial score (nSPS) is 25.1. The van der Waals surface area contributed by atoms with Gasteiger partial charge in [0.2, 0.25) is 0 Å². The summed E-state index contributed by atoms with van der Waals surface area (Å²) in [5.74, 6) is -1.42. The molecule has 0 saturated carbocycles. The molecule has 1 amide bonds. The van der Waals surface area contributed by atoms with E-state index in [1.54, 1.807) is 30.3 Å². The number of rotatable bonds is 17. The number of H-pyrrole nitrogens is 1. The molecule has 0 bridgehead atoms. The summed E-state index contributed by atoms with van der Waals surface area (Å²) in [7, 11) is -11.2. The van der Waals surface area contributed by atoms with Crippen molar-refractivity contribution in [2.45, 2.75) is 94.4 Å². The minimum atomic E-state index is -5.01. The third-order valence-corrected chi connectivity index (χ3v) is 17.4. The third-order valence-electron chi connectivity index (χ3n) is 11.1. The number of anilines is 1. The highest BCUT2D eigenvalue weighted by atomic mass is 31.2. The van der Waals surface area contributed by atoms with Gasteiger partial charge in [0.05, 0.1) is 45.0 Å². The lowest BCUT2D eigenvalue weighted by Crippen LogP contribution is -2.49. The minimum absolute atomic E-state index is 0.0641. The van der Waals surface area contributed by atoms with Crippen LogP contribution in [0.3, 0.4) is 0 Å². The Kier molecular flexibility index (Phi) is 14.0. The molecule has 64 heavy (non-hydrogen) atoms. The zero-order valence-corrected chi connectivity index (χ0v) is 37.7. The average molecular weight is 949 g/mol. The van der Waals surface area contributed by atoms with Crippen molar-refractivity contribution in [1.82, 2.24) is 34.1 Å². The molecule has 5 unspecified atom stereocenters. The number of ether oxygens (including phenoxy) is 2. The number of imidazole rings is 1. The Balaban J connectivity index is 1.23. The largest absolute Gasteiger partial charge is 0.695 e. The lowest BCUT2D eigenvalue weighted by Gasteiger charge is -2.40. The van der Waals surface area contributed by atoms with E-state index >= 15 is 4.39 Å². The van der Waals surface area contributed by atoms with E-state index in [-0.39, 0.29) is 29.0 Å². The summed E-state index contributed by atoms with van der Waals surface area (Å²) in [6.07, 6.45) is -7.74. The predicted octanol–water partition coefficient (Wildman–Crippen LogP) is 3.97. The number of nitrogens with one attached hydrogen (secondary N) is 2. The van der Waals surface area contributed by atoms with Gasteiger partial charge in [0.25, 0.3) is 11.5 Å². The molecule has 0 aliphatic carbocycles. The highest BCUT2D eigenvalue weighted by molar-refractivity contribution is 7.48. The number of nitriles is 1. The number of fused-ring (bicyclic) bond motifs is 2. The van der Waals surface area contributed by atoms with Gasteiger partial charge in [-0.3, -0.25) is 27.7 Å². The molecule has 6 heterocycles. The third kappa shape index (κ3) is 9.61. The first-order valence-electron chi connectivity index (χ1n) is 19.7. The van der Waals surface area contributed by atoms with Crippen molar-refractivity contribution in [3.63, 3.8) is 0 Å². The van der Waals surface area contributed by atoms with Crippen LogP contribution in [0.5, 0.6) is 0 Å². The predicted molar refractivity (Wildman–Crippen MR) is 222 cm³/mol. The molecule has 2 saturated heterocycles. The molecule has 7 rings (SSSR count). The van der Waals surface area contributed by atoms with Gasteiger partial charge in [0, 0.05) is 16.3 Å². The SMILES string of the molecule is CC(C)(C)[Si](C)(C)OC1[C@H](O[P+](=O)O)C(COP(=O)(OCCC#N)O[C@@H]2[C@H](O)C(CO)O[C@H]2n2cc(F)c3c(=O)[nH]cnc32)O[C@H]1n1cnc2c(NC(=O)c3ccccc3)ncnc21. The van der Waals surface area contributed by atoms with Gasteiger partial charge in [0.1, 0.15) is 42.2 Å². The molecule has 10 atom stereocenters. The second-order valence-corrected chi connectivity index (χ2v) is 23.3. The van der Waals surface area contributed by atoms with E-state index in [2.05, 4.69) is 30.2 Å². The Morgan fingerprint density at radius 1 is 1.06 bits per heavy atom. The number of hydrogen-bond acceptors (Lipinski definition) is 18. The molecule has 2 aliphatic heterocycles. The van der Waals surface area contributed by atoms with Crippen molar-refractivity contribution in [2.75, 3.05) is 25.1 Å². The summed E-state index contributed by atoms with van der Waals surface area (Å²) < 4.78 is 86.7. The number of hydrogen-bond donors (Lipinski definition) is 5. The number of phosphoric acid groups is 1. The summed E-state index contributed by atoms with van der Waals surface area (Å²) >= 11 is 0. The number of aliphatic hydroxyl groups excluding tert-OH is 2. The molecular weight excluding hydrogens is 903 g/mol. The van der Waals surface area contributed by atoms with Gasteiger partial charge in [0.15, 0.2) is 55.3 Å². The summed E-state index contributed by atoms with van der Waals surface area (Å²) in [4.78, 5) is 55.2. The van der Waals surface area contributed by atoms with Crippen LogP contribution in [0.15, 0.2) is 60.3 Å². The van der Waals surface area contributed by atoms with Gasteiger partial charge in [-0.05, 0) is 30.3 Å². The van der Waals surface area contributed by atoms with Crippen molar-refractivity contribution in [3.8, 4) is 6.07 Å². The van der Waals surface area contributed by atoms with E-state index in [0.29, 0.717) is 5.56 Å². The molecular formula is C37H45FN9O14P2Si+. The fourth-order valence-corrected chi connectivity index (χ4v) is 10.0. The van der Waals surface area contributed by atoms with Crippen LogP contribution in [0.2, 0.25) is 18.1 Å². The van der Waals surface area contributed by atoms with E-state index in [0.717, 1.165) is 17.1 Å². The van der Waals surface area contributed by atoms with Gasteiger partial charge >= 0.3 is 16.1 Å². The van der Waals surface area contributed by atoms with Crippen LogP contribution in [-0.4, -0.2) is 120 Å². The van der Waals surface area contributed by atoms with Crippen LogP contribution in [0.4, 0.5) is 10.2 Å². The number of benzene rings is 1. The van der Waals surface area contributed by atoms with Crippen LogP contribution in [0.1, 0.15) is 50.0 Å².